The molecule has 0 bridgehead atoms. The first kappa shape index (κ1) is 27.4. The molecule has 192 valence electrons. The Labute approximate surface area is 216 Å². The van der Waals surface area contributed by atoms with Gasteiger partial charge in [-0.3, -0.25) is 0 Å². The molecule has 0 amide bonds. The number of unbranched alkanes of at least 4 members (excludes halogenated alkanes) is 5. The molecule has 1 atom stereocenters. The molecule has 0 spiro atoms. The van der Waals surface area contributed by atoms with Gasteiger partial charge in [-0.05, 0) is 80.1 Å². The summed E-state index contributed by atoms with van der Waals surface area (Å²) in [6, 6.07) is 15.2. The van der Waals surface area contributed by atoms with Gasteiger partial charge in [0.1, 0.15) is 12.4 Å². The van der Waals surface area contributed by atoms with Gasteiger partial charge in [0.25, 0.3) is 0 Å². The monoisotopic (exact) mass is 488 g/mol. The van der Waals surface area contributed by atoms with Gasteiger partial charge in [0.2, 0.25) is 0 Å². The van der Waals surface area contributed by atoms with Crippen molar-refractivity contribution in [3.63, 3.8) is 0 Å². The molecule has 0 aliphatic rings. The zero-order chi connectivity index (χ0) is 25.6. The third kappa shape index (κ3) is 9.10. The van der Waals surface area contributed by atoms with Crippen LogP contribution in [0.4, 0.5) is 0 Å². The summed E-state index contributed by atoms with van der Waals surface area (Å²) in [6.45, 7) is 6.79. The molecule has 0 saturated heterocycles. The highest BCUT2D eigenvalue weighted by Gasteiger charge is 2.12. The van der Waals surface area contributed by atoms with Crippen LogP contribution in [0.3, 0.4) is 0 Å². The van der Waals surface area contributed by atoms with Gasteiger partial charge in [0.15, 0.2) is 5.82 Å². The van der Waals surface area contributed by atoms with Gasteiger partial charge in [-0.2, -0.15) is 0 Å². The SMILES string of the molecule is CCCCCCC(C)OC(=O)c1ccc(COc2ccc(-c3ncc(CCCCC)cn3)cc2)cc1. The molecule has 2 aromatic carbocycles. The molecule has 5 nitrogen and oxygen atoms in total. The minimum atomic E-state index is -0.266. The van der Waals surface area contributed by atoms with Crippen molar-refractivity contribution in [1.82, 2.24) is 9.97 Å². The number of hydrogen-bond donors (Lipinski definition) is 0. The molecule has 3 rings (SSSR count). The summed E-state index contributed by atoms with van der Waals surface area (Å²) >= 11 is 0. The van der Waals surface area contributed by atoms with Crippen LogP contribution in [0.2, 0.25) is 0 Å². The van der Waals surface area contributed by atoms with Crippen LogP contribution in [0.1, 0.15) is 93.6 Å². The molecule has 0 N–H and O–H groups in total. The highest BCUT2D eigenvalue weighted by molar-refractivity contribution is 5.89. The summed E-state index contributed by atoms with van der Waals surface area (Å²) in [5.74, 6) is 1.23. The van der Waals surface area contributed by atoms with Crippen LogP contribution in [-0.2, 0) is 17.8 Å². The van der Waals surface area contributed by atoms with Crippen LogP contribution in [-0.4, -0.2) is 22.0 Å². The van der Waals surface area contributed by atoms with Crippen LogP contribution in [0, 0.1) is 0 Å². The first-order chi connectivity index (χ1) is 17.6. The summed E-state index contributed by atoms with van der Waals surface area (Å²) in [5.41, 5.74) is 3.71. The number of rotatable bonds is 15. The second kappa shape index (κ2) is 15.0. The molecule has 0 fully saturated rings. The van der Waals surface area contributed by atoms with Crippen molar-refractivity contribution in [3.8, 4) is 17.1 Å². The lowest BCUT2D eigenvalue weighted by Crippen LogP contribution is -2.15. The molecule has 0 saturated carbocycles. The summed E-state index contributed by atoms with van der Waals surface area (Å²) in [6.07, 6.45) is 14.1. The number of esters is 1. The van der Waals surface area contributed by atoms with Crippen LogP contribution in [0.5, 0.6) is 5.75 Å². The smallest absolute Gasteiger partial charge is 0.338 e. The van der Waals surface area contributed by atoms with Crippen molar-refractivity contribution in [2.75, 3.05) is 0 Å². The Hall–Kier alpha value is -3.21. The molecule has 0 radical (unpaired) electrons. The molecular formula is C31H40N2O3. The molecular weight excluding hydrogens is 448 g/mol. The second-order valence-electron chi connectivity index (χ2n) is 9.45. The summed E-state index contributed by atoms with van der Waals surface area (Å²) in [5, 5.41) is 0. The van der Waals surface area contributed by atoms with Crippen molar-refractivity contribution < 1.29 is 14.3 Å². The zero-order valence-electron chi connectivity index (χ0n) is 22.0. The van der Waals surface area contributed by atoms with Gasteiger partial charge in [0.05, 0.1) is 11.7 Å². The maximum atomic E-state index is 12.4. The summed E-state index contributed by atoms with van der Waals surface area (Å²) in [4.78, 5) is 21.4. The number of benzene rings is 2. The van der Waals surface area contributed by atoms with E-state index in [-0.39, 0.29) is 12.1 Å². The van der Waals surface area contributed by atoms with Gasteiger partial charge in [-0.15, -0.1) is 0 Å². The average molecular weight is 489 g/mol. The first-order valence-electron chi connectivity index (χ1n) is 13.4. The minimum Gasteiger partial charge on any atom is -0.489 e. The topological polar surface area (TPSA) is 61.3 Å². The predicted octanol–water partition coefficient (Wildman–Crippen LogP) is 7.97. The van der Waals surface area contributed by atoms with E-state index in [1.807, 2.05) is 55.7 Å². The fourth-order valence-electron chi connectivity index (χ4n) is 3.98. The van der Waals surface area contributed by atoms with Crippen molar-refractivity contribution >= 4 is 5.97 Å². The Morgan fingerprint density at radius 1 is 0.806 bits per heavy atom. The number of ether oxygens (including phenoxy) is 2. The van der Waals surface area contributed by atoms with E-state index >= 15 is 0 Å². The molecule has 0 aliphatic carbocycles. The number of aromatic nitrogens is 2. The Balaban J connectivity index is 1.45. The Morgan fingerprint density at radius 3 is 2.14 bits per heavy atom. The van der Waals surface area contributed by atoms with Crippen molar-refractivity contribution in [2.45, 2.75) is 91.3 Å². The molecule has 36 heavy (non-hydrogen) atoms. The second-order valence-corrected chi connectivity index (χ2v) is 9.45. The van der Waals surface area contributed by atoms with Gasteiger partial charge in [-0.25, -0.2) is 14.8 Å². The van der Waals surface area contributed by atoms with Gasteiger partial charge >= 0.3 is 5.97 Å². The van der Waals surface area contributed by atoms with E-state index in [0.29, 0.717) is 12.2 Å². The average Bonchev–Trinajstić information content (AvgIpc) is 2.91. The largest absolute Gasteiger partial charge is 0.489 e. The third-order valence-corrected chi connectivity index (χ3v) is 6.25. The van der Waals surface area contributed by atoms with E-state index in [2.05, 4.69) is 23.8 Å². The third-order valence-electron chi connectivity index (χ3n) is 6.25. The molecule has 5 heteroatoms. The van der Waals surface area contributed by atoms with Gasteiger partial charge in [-0.1, -0.05) is 58.1 Å². The van der Waals surface area contributed by atoms with E-state index in [0.717, 1.165) is 42.0 Å². The number of aryl methyl sites for hydroxylation is 1. The van der Waals surface area contributed by atoms with Crippen molar-refractivity contribution in [2.24, 2.45) is 0 Å². The van der Waals surface area contributed by atoms with Crippen LogP contribution < -0.4 is 4.74 Å². The normalized spacial score (nSPS) is 11.8. The molecule has 0 aliphatic heterocycles. The maximum Gasteiger partial charge on any atom is 0.338 e. The number of nitrogens with zero attached hydrogens (tertiary/aromatic N) is 2. The van der Waals surface area contributed by atoms with E-state index in [9.17, 15) is 4.79 Å². The van der Waals surface area contributed by atoms with Gasteiger partial charge < -0.3 is 9.47 Å². The standard InChI is InChI=1S/C31H40N2O3/c1-4-6-8-10-11-24(3)36-31(34)28-15-13-25(14-16-28)23-35-29-19-17-27(18-20-29)30-32-21-26(22-33-30)12-9-7-5-2/h13-22,24H,4-12,23H2,1-3H3. The molecule has 1 aromatic heterocycles. The number of carbonyl (C=O) groups is 1. The van der Waals surface area contributed by atoms with Crippen molar-refractivity contribution in [3.05, 3.63) is 77.6 Å². The Bertz CT molecular complexity index is 1030. The van der Waals surface area contributed by atoms with Gasteiger partial charge in [0, 0.05) is 18.0 Å². The zero-order valence-corrected chi connectivity index (χ0v) is 22.0. The summed E-state index contributed by atoms with van der Waals surface area (Å²) < 4.78 is 11.5. The maximum absolute atomic E-state index is 12.4. The molecule has 1 unspecified atom stereocenters. The fourth-order valence-corrected chi connectivity index (χ4v) is 3.98. The number of hydrogen-bond acceptors (Lipinski definition) is 5. The Kier molecular flexibility index (Phi) is 11.4. The lowest BCUT2D eigenvalue weighted by molar-refractivity contribution is 0.0319. The highest BCUT2D eigenvalue weighted by atomic mass is 16.5. The van der Waals surface area contributed by atoms with E-state index in [1.54, 1.807) is 12.1 Å². The number of carbonyl (C=O) groups excluding carboxylic acids is 1. The highest BCUT2D eigenvalue weighted by Crippen LogP contribution is 2.21. The van der Waals surface area contributed by atoms with Crippen LogP contribution >= 0.6 is 0 Å². The lowest BCUT2D eigenvalue weighted by atomic mass is 10.1. The quantitative estimate of drug-likeness (QED) is 0.160. The van der Waals surface area contributed by atoms with E-state index in [1.165, 1.54) is 44.1 Å². The minimum absolute atomic E-state index is 0.0607. The van der Waals surface area contributed by atoms with Crippen LogP contribution in [0.25, 0.3) is 11.4 Å². The van der Waals surface area contributed by atoms with Crippen molar-refractivity contribution in [1.29, 1.82) is 0 Å². The molecule has 3 aromatic rings. The lowest BCUT2D eigenvalue weighted by Gasteiger charge is -2.13. The van der Waals surface area contributed by atoms with E-state index in [4.69, 9.17) is 9.47 Å². The van der Waals surface area contributed by atoms with E-state index < -0.39 is 0 Å². The first-order valence-corrected chi connectivity index (χ1v) is 13.4. The fraction of sp³-hybridized carbons (Fsp3) is 0.452. The molecule has 1 heterocycles. The summed E-state index contributed by atoms with van der Waals surface area (Å²) in [7, 11) is 0. The predicted molar refractivity (Wildman–Crippen MR) is 145 cm³/mol. The Morgan fingerprint density at radius 2 is 1.47 bits per heavy atom. The van der Waals surface area contributed by atoms with Crippen LogP contribution in [0.15, 0.2) is 60.9 Å².